The van der Waals surface area contributed by atoms with Crippen molar-refractivity contribution in [3.05, 3.63) is 52.3 Å². The average Bonchev–Trinajstić information content (AvgIpc) is 2.52. The van der Waals surface area contributed by atoms with Gasteiger partial charge in [0.2, 0.25) is 0 Å². The third-order valence-electron chi connectivity index (χ3n) is 2.85. The number of aryl methyl sites for hydroxylation is 1. The molecule has 1 N–H and O–H groups in total. The maximum Gasteiger partial charge on any atom is 0.339 e. The van der Waals surface area contributed by atoms with Gasteiger partial charge in [-0.2, -0.15) is 5.10 Å². The average molecular weight is 266 g/mol. The summed E-state index contributed by atoms with van der Waals surface area (Å²) in [5.74, 6) is -2.41. The van der Waals surface area contributed by atoms with Crippen molar-refractivity contribution >= 4 is 5.97 Å². The highest BCUT2D eigenvalue weighted by molar-refractivity contribution is 5.90. The molecule has 2 rings (SSSR count). The molecule has 0 bridgehead atoms. The topological polar surface area (TPSA) is 55.1 Å². The van der Waals surface area contributed by atoms with Crippen LogP contribution in [0.5, 0.6) is 0 Å². The zero-order valence-electron chi connectivity index (χ0n) is 10.4. The molecular formula is C13H12F2N2O2. The predicted molar refractivity (Wildman–Crippen MR) is 64.1 cm³/mol. The molecule has 4 nitrogen and oxygen atoms in total. The van der Waals surface area contributed by atoms with E-state index in [1.54, 1.807) is 13.8 Å². The molecule has 0 aliphatic rings. The summed E-state index contributed by atoms with van der Waals surface area (Å²) in [7, 11) is 0. The van der Waals surface area contributed by atoms with Gasteiger partial charge >= 0.3 is 5.97 Å². The Morgan fingerprint density at radius 2 is 1.84 bits per heavy atom. The molecule has 0 aliphatic carbocycles. The van der Waals surface area contributed by atoms with Crippen LogP contribution in [0.3, 0.4) is 0 Å². The first-order valence-corrected chi connectivity index (χ1v) is 5.60. The van der Waals surface area contributed by atoms with Crippen LogP contribution in [-0.4, -0.2) is 20.9 Å². The van der Waals surface area contributed by atoms with Crippen molar-refractivity contribution in [2.75, 3.05) is 0 Å². The molecule has 0 spiro atoms. The van der Waals surface area contributed by atoms with E-state index in [0.717, 1.165) is 6.07 Å². The molecule has 0 saturated carbocycles. The fraction of sp³-hybridized carbons (Fsp3) is 0.231. The molecule has 19 heavy (non-hydrogen) atoms. The molecule has 1 heterocycles. The Hall–Kier alpha value is -2.24. The zero-order chi connectivity index (χ0) is 14.2. The quantitative estimate of drug-likeness (QED) is 0.928. The highest BCUT2D eigenvalue weighted by atomic mass is 19.1. The van der Waals surface area contributed by atoms with Crippen LogP contribution in [0.2, 0.25) is 0 Å². The van der Waals surface area contributed by atoms with Gasteiger partial charge in [0.1, 0.15) is 17.2 Å². The molecular weight excluding hydrogens is 254 g/mol. The van der Waals surface area contributed by atoms with Crippen molar-refractivity contribution in [3.63, 3.8) is 0 Å². The summed E-state index contributed by atoms with van der Waals surface area (Å²) in [4.78, 5) is 11.0. The Morgan fingerprint density at radius 3 is 2.32 bits per heavy atom. The summed E-state index contributed by atoms with van der Waals surface area (Å²) >= 11 is 0. The fourth-order valence-electron chi connectivity index (χ4n) is 2.04. The standard InChI is InChI=1S/C13H12F2N2O2/c1-7-12(13(18)19)8(2)17(16-7)6-9-3-10(14)5-11(15)4-9/h3-5H,6H2,1-2H3,(H,18,19). The van der Waals surface area contributed by atoms with E-state index in [4.69, 9.17) is 5.11 Å². The second kappa shape index (κ2) is 4.79. The largest absolute Gasteiger partial charge is 0.478 e. The lowest BCUT2D eigenvalue weighted by atomic mass is 10.2. The fourth-order valence-corrected chi connectivity index (χ4v) is 2.04. The van der Waals surface area contributed by atoms with Crippen LogP contribution in [0, 0.1) is 25.5 Å². The van der Waals surface area contributed by atoms with Gasteiger partial charge in [-0.3, -0.25) is 4.68 Å². The molecule has 1 aromatic carbocycles. The Morgan fingerprint density at radius 1 is 1.26 bits per heavy atom. The van der Waals surface area contributed by atoms with Gasteiger partial charge in [-0.1, -0.05) is 0 Å². The first-order valence-electron chi connectivity index (χ1n) is 5.60. The van der Waals surface area contributed by atoms with E-state index >= 15 is 0 Å². The predicted octanol–water partition coefficient (Wildman–Crippen LogP) is 2.52. The van der Waals surface area contributed by atoms with Gasteiger partial charge in [-0.15, -0.1) is 0 Å². The highest BCUT2D eigenvalue weighted by Gasteiger charge is 2.17. The van der Waals surface area contributed by atoms with Crippen LogP contribution < -0.4 is 0 Å². The SMILES string of the molecule is Cc1nn(Cc2cc(F)cc(F)c2)c(C)c1C(=O)O. The first-order chi connectivity index (χ1) is 8.88. The Labute approximate surface area is 108 Å². The van der Waals surface area contributed by atoms with Crippen molar-refractivity contribution in [1.29, 1.82) is 0 Å². The zero-order valence-corrected chi connectivity index (χ0v) is 10.4. The number of aromatic carboxylic acids is 1. The summed E-state index contributed by atoms with van der Waals surface area (Å²) < 4.78 is 27.6. The number of carboxylic acids is 1. The van der Waals surface area contributed by atoms with Crippen molar-refractivity contribution in [2.45, 2.75) is 20.4 Å². The summed E-state index contributed by atoms with van der Waals surface area (Å²) in [6.07, 6.45) is 0. The van der Waals surface area contributed by atoms with E-state index in [2.05, 4.69) is 5.10 Å². The number of rotatable bonds is 3. The van der Waals surface area contributed by atoms with Gasteiger partial charge in [0, 0.05) is 6.07 Å². The number of hydrogen-bond acceptors (Lipinski definition) is 2. The van der Waals surface area contributed by atoms with Crippen LogP contribution in [0.4, 0.5) is 8.78 Å². The van der Waals surface area contributed by atoms with E-state index in [1.165, 1.54) is 16.8 Å². The number of halogens is 2. The molecule has 0 unspecified atom stereocenters. The van der Waals surface area contributed by atoms with Gasteiger partial charge < -0.3 is 5.11 Å². The van der Waals surface area contributed by atoms with E-state index in [0.29, 0.717) is 17.0 Å². The summed E-state index contributed by atoms with van der Waals surface area (Å²) in [6, 6.07) is 3.17. The molecule has 0 fully saturated rings. The highest BCUT2D eigenvalue weighted by Crippen LogP contribution is 2.16. The smallest absolute Gasteiger partial charge is 0.339 e. The van der Waals surface area contributed by atoms with Crippen LogP contribution in [-0.2, 0) is 6.54 Å². The summed E-state index contributed by atoms with van der Waals surface area (Å²) in [5.41, 5.74) is 1.34. The third-order valence-corrected chi connectivity index (χ3v) is 2.85. The molecule has 0 radical (unpaired) electrons. The molecule has 6 heteroatoms. The van der Waals surface area contributed by atoms with E-state index in [9.17, 15) is 13.6 Å². The second-order valence-electron chi connectivity index (χ2n) is 4.29. The van der Waals surface area contributed by atoms with Crippen LogP contribution >= 0.6 is 0 Å². The normalized spacial score (nSPS) is 10.7. The van der Waals surface area contributed by atoms with Crippen molar-refractivity contribution < 1.29 is 18.7 Å². The minimum atomic E-state index is -1.06. The Balaban J connectivity index is 2.39. The number of carboxylic acid groups (broad SMARTS) is 1. The summed E-state index contributed by atoms with van der Waals surface area (Å²) in [6.45, 7) is 3.31. The van der Waals surface area contributed by atoms with Crippen molar-refractivity contribution in [2.24, 2.45) is 0 Å². The maximum absolute atomic E-state index is 13.1. The monoisotopic (exact) mass is 266 g/mol. The molecule has 0 aliphatic heterocycles. The molecule has 100 valence electrons. The minimum Gasteiger partial charge on any atom is -0.478 e. The maximum atomic E-state index is 13.1. The van der Waals surface area contributed by atoms with Gasteiger partial charge in [0.05, 0.1) is 17.9 Å². The first kappa shape index (κ1) is 13.2. The lowest BCUT2D eigenvalue weighted by molar-refractivity contribution is 0.0695. The van der Waals surface area contributed by atoms with E-state index in [-0.39, 0.29) is 12.1 Å². The van der Waals surface area contributed by atoms with Gasteiger partial charge in [-0.25, -0.2) is 13.6 Å². The molecule has 0 saturated heterocycles. The van der Waals surface area contributed by atoms with Crippen LogP contribution in [0.15, 0.2) is 18.2 Å². The van der Waals surface area contributed by atoms with Crippen LogP contribution in [0.25, 0.3) is 0 Å². The minimum absolute atomic E-state index is 0.120. The Kier molecular flexibility index (Phi) is 3.33. The number of carbonyl (C=O) groups is 1. The lowest BCUT2D eigenvalue weighted by Crippen LogP contribution is -2.06. The molecule has 1 aromatic heterocycles. The number of hydrogen-bond donors (Lipinski definition) is 1. The molecule has 0 atom stereocenters. The van der Waals surface area contributed by atoms with Gasteiger partial charge in [-0.05, 0) is 31.5 Å². The Bertz CT molecular complexity index is 630. The van der Waals surface area contributed by atoms with E-state index in [1.807, 2.05) is 0 Å². The second-order valence-corrected chi connectivity index (χ2v) is 4.29. The van der Waals surface area contributed by atoms with Crippen molar-refractivity contribution in [1.82, 2.24) is 9.78 Å². The number of benzene rings is 1. The van der Waals surface area contributed by atoms with Crippen LogP contribution in [0.1, 0.15) is 27.3 Å². The van der Waals surface area contributed by atoms with Gasteiger partial charge in [0.25, 0.3) is 0 Å². The third kappa shape index (κ3) is 2.62. The van der Waals surface area contributed by atoms with Gasteiger partial charge in [0.15, 0.2) is 0 Å². The number of nitrogens with zero attached hydrogens (tertiary/aromatic N) is 2. The van der Waals surface area contributed by atoms with E-state index < -0.39 is 17.6 Å². The molecule has 0 amide bonds. The van der Waals surface area contributed by atoms with Crippen molar-refractivity contribution in [3.8, 4) is 0 Å². The lowest BCUT2D eigenvalue weighted by Gasteiger charge is -2.05. The molecule has 2 aromatic rings. The summed E-state index contributed by atoms with van der Waals surface area (Å²) in [5, 5.41) is 13.1. The number of aromatic nitrogens is 2.